The number of nitrogens with one attached hydrogen (secondary N) is 2. The Labute approximate surface area is 194 Å². The van der Waals surface area contributed by atoms with E-state index in [0.29, 0.717) is 55.9 Å². The van der Waals surface area contributed by atoms with Crippen molar-refractivity contribution >= 4 is 51.3 Å². The number of methoxy groups -OCH3 is 2. The van der Waals surface area contributed by atoms with Crippen LogP contribution in [0.3, 0.4) is 0 Å². The minimum atomic E-state index is 0.329. The second-order valence-electron chi connectivity index (χ2n) is 6.68. The van der Waals surface area contributed by atoms with Crippen LogP contribution >= 0.6 is 23.8 Å². The number of halogens is 1. The third-order valence-corrected chi connectivity index (χ3v) is 5.01. The van der Waals surface area contributed by atoms with Crippen LogP contribution in [-0.4, -0.2) is 29.5 Å². The fraction of sp³-hybridized carbons (Fsp3) is 0.136. The van der Waals surface area contributed by atoms with E-state index in [9.17, 15) is 0 Å². The quantitative estimate of drug-likeness (QED) is 0.339. The summed E-state index contributed by atoms with van der Waals surface area (Å²) in [6, 6.07) is 12.4. The number of thiocarbonyl (C=S) groups is 1. The summed E-state index contributed by atoms with van der Waals surface area (Å²) in [5, 5.41) is 11.3. The number of nitrogens with zero attached hydrogens (tertiary/aromatic N) is 2. The van der Waals surface area contributed by atoms with Crippen molar-refractivity contribution in [3.8, 4) is 23.0 Å². The number of ether oxygens (including phenoxy) is 3. The number of pyridine rings is 1. The van der Waals surface area contributed by atoms with Crippen molar-refractivity contribution in [2.24, 2.45) is 0 Å². The molecule has 164 valence electrons. The fourth-order valence-corrected chi connectivity index (χ4v) is 3.45. The molecule has 0 radical (unpaired) electrons. The normalized spacial score (nSPS) is 10.6. The molecule has 0 aliphatic carbocycles. The topological polar surface area (TPSA) is 90.7 Å². The second-order valence-corrected chi connectivity index (χ2v) is 7.49. The standard InChI is InChI=1S/C22H19ClN4O4S/c1-12-8-21(27-31-12)26-22(32)25-16-5-4-13(9-15(16)23)30-18-6-7-24-17-11-20(29-3)19(28-2)10-14(17)18/h4-11H,1-3H3,(H2,25,26,27,32). The van der Waals surface area contributed by atoms with Gasteiger partial charge in [-0.05, 0) is 43.4 Å². The molecule has 0 saturated heterocycles. The van der Waals surface area contributed by atoms with Gasteiger partial charge in [-0.1, -0.05) is 16.8 Å². The molecular weight excluding hydrogens is 452 g/mol. The van der Waals surface area contributed by atoms with Crippen molar-refractivity contribution in [2.45, 2.75) is 6.92 Å². The number of hydrogen-bond donors (Lipinski definition) is 2. The third-order valence-electron chi connectivity index (χ3n) is 4.49. The van der Waals surface area contributed by atoms with Gasteiger partial charge in [-0.15, -0.1) is 0 Å². The molecule has 0 aliphatic rings. The molecule has 10 heteroatoms. The smallest absolute Gasteiger partial charge is 0.176 e. The van der Waals surface area contributed by atoms with E-state index in [2.05, 4.69) is 20.8 Å². The first-order valence-electron chi connectivity index (χ1n) is 9.46. The van der Waals surface area contributed by atoms with Crippen LogP contribution in [0, 0.1) is 6.92 Å². The highest BCUT2D eigenvalue weighted by atomic mass is 35.5. The fourth-order valence-electron chi connectivity index (χ4n) is 3.02. The van der Waals surface area contributed by atoms with E-state index in [4.69, 9.17) is 42.6 Å². The molecule has 32 heavy (non-hydrogen) atoms. The van der Waals surface area contributed by atoms with Crippen LogP contribution in [0.4, 0.5) is 11.5 Å². The summed E-state index contributed by atoms with van der Waals surface area (Å²) < 4.78 is 21.8. The number of anilines is 2. The highest BCUT2D eigenvalue weighted by molar-refractivity contribution is 7.80. The molecule has 2 aromatic carbocycles. The number of rotatable bonds is 6. The summed E-state index contributed by atoms with van der Waals surface area (Å²) in [6.45, 7) is 1.79. The number of hydrogen-bond acceptors (Lipinski definition) is 7. The molecule has 4 aromatic rings. The predicted octanol–water partition coefficient (Wildman–Crippen LogP) is 5.80. The molecular formula is C22H19ClN4O4S. The van der Waals surface area contributed by atoms with Gasteiger partial charge in [0.1, 0.15) is 17.3 Å². The zero-order chi connectivity index (χ0) is 22.7. The summed E-state index contributed by atoms with van der Waals surface area (Å²) in [7, 11) is 3.16. The molecule has 8 nitrogen and oxygen atoms in total. The Bertz CT molecular complexity index is 1290. The van der Waals surface area contributed by atoms with Crippen molar-refractivity contribution < 1.29 is 18.7 Å². The highest BCUT2D eigenvalue weighted by Gasteiger charge is 2.12. The highest BCUT2D eigenvalue weighted by Crippen LogP contribution is 2.37. The second kappa shape index (κ2) is 9.29. The Morgan fingerprint density at radius 3 is 2.47 bits per heavy atom. The summed E-state index contributed by atoms with van der Waals surface area (Å²) in [5.41, 5.74) is 1.33. The number of fused-ring (bicyclic) bond motifs is 1. The first-order chi connectivity index (χ1) is 15.5. The first-order valence-corrected chi connectivity index (χ1v) is 10.2. The Hall–Kier alpha value is -3.56. The van der Waals surface area contributed by atoms with Gasteiger partial charge in [0.25, 0.3) is 0 Å². The van der Waals surface area contributed by atoms with Gasteiger partial charge in [0.15, 0.2) is 22.4 Å². The van der Waals surface area contributed by atoms with E-state index in [1.54, 1.807) is 63.7 Å². The summed E-state index contributed by atoms with van der Waals surface area (Å²) in [5.74, 6) is 3.51. The molecule has 0 unspecified atom stereocenters. The summed E-state index contributed by atoms with van der Waals surface area (Å²) in [6.07, 6.45) is 1.66. The van der Waals surface area contributed by atoms with Gasteiger partial charge < -0.3 is 29.4 Å². The van der Waals surface area contributed by atoms with Crippen molar-refractivity contribution in [1.82, 2.24) is 10.1 Å². The van der Waals surface area contributed by atoms with Gasteiger partial charge >= 0.3 is 0 Å². The van der Waals surface area contributed by atoms with Gasteiger partial charge in [-0.3, -0.25) is 4.98 Å². The molecule has 2 heterocycles. The zero-order valence-electron chi connectivity index (χ0n) is 17.4. The predicted molar refractivity (Wildman–Crippen MR) is 127 cm³/mol. The molecule has 0 amide bonds. The molecule has 0 bridgehead atoms. The maximum Gasteiger partial charge on any atom is 0.176 e. The van der Waals surface area contributed by atoms with Crippen molar-refractivity contribution in [2.75, 3.05) is 24.9 Å². The molecule has 0 saturated carbocycles. The lowest BCUT2D eigenvalue weighted by Crippen LogP contribution is -2.19. The minimum absolute atomic E-state index is 0.329. The van der Waals surface area contributed by atoms with E-state index >= 15 is 0 Å². The Balaban J connectivity index is 1.53. The van der Waals surface area contributed by atoms with Gasteiger partial charge in [-0.25, -0.2) is 0 Å². The van der Waals surface area contributed by atoms with E-state index in [1.807, 2.05) is 6.07 Å². The maximum atomic E-state index is 6.44. The van der Waals surface area contributed by atoms with Crippen LogP contribution in [0.2, 0.25) is 5.02 Å². The zero-order valence-corrected chi connectivity index (χ0v) is 19.0. The maximum absolute atomic E-state index is 6.44. The molecule has 0 spiro atoms. The van der Waals surface area contributed by atoms with Gasteiger partial charge in [0.2, 0.25) is 0 Å². The van der Waals surface area contributed by atoms with Crippen LogP contribution < -0.4 is 24.8 Å². The lowest BCUT2D eigenvalue weighted by Gasteiger charge is -2.14. The Morgan fingerprint density at radius 2 is 1.78 bits per heavy atom. The van der Waals surface area contributed by atoms with E-state index in [-0.39, 0.29) is 0 Å². The molecule has 2 aromatic heterocycles. The van der Waals surface area contributed by atoms with Crippen LogP contribution in [0.15, 0.2) is 53.2 Å². The van der Waals surface area contributed by atoms with Crippen LogP contribution in [0.5, 0.6) is 23.0 Å². The van der Waals surface area contributed by atoms with Crippen molar-refractivity contribution in [3.63, 3.8) is 0 Å². The van der Waals surface area contributed by atoms with E-state index < -0.39 is 0 Å². The van der Waals surface area contributed by atoms with E-state index in [0.717, 1.165) is 5.39 Å². The molecule has 0 fully saturated rings. The van der Waals surface area contributed by atoms with Gasteiger partial charge in [0.05, 0.1) is 30.4 Å². The molecule has 0 atom stereocenters. The average molecular weight is 471 g/mol. The SMILES string of the molecule is COc1cc2nccc(Oc3ccc(NC(=S)Nc4cc(C)on4)c(Cl)c3)c2cc1OC. The number of aromatic nitrogens is 2. The Morgan fingerprint density at radius 1 is 1.00 bits per heavy atom. The van der Waals surface area contributed by atoms with Crippen LogP contribution in [-0.2, 0) is 0 Å². The average Bonchev–Trinajstić information content (AvgIpc) is 3.19. The summed E-state index contributed by atoms with van der Waals surface area (Å²) in [4.78, 5) is 4.38. The lowest BCUT2D eigenvalue weighted by molar-refractivity contribution is 0.355. The van der Waals surface area contributed by atoms with E-state index in [1.165, 1.54) is 0 Å². The minimum Gasteiger partial charge on any atom is -0.493 e. The monoisotopic (exact) mass is 470 g/mol. The molecule has 2 N–H and O–H groups in total. The number of benzene rings is 2. The molecule has 0 aliphatic heterocycles. The van der Waals surface area contributed by atoms with Gasteiger partial charge in [0, 0.05) is 29.8 Å². The van der Waals surface area contributed by atoms with Crippen LogP contribution in [0.1, 0.15) is 5.76 Å². The van der Waals surface area contributed by atoms with Crippen LogP contribution in [0.25, 0.3) is 10.9 Å². The first kappa shape index (κ1) is 21.7. The molecule has 4 rings (SSSR count). The number of aryl methyl sites for hydroxylation is 1. The Kier molecular flexibility index (Phi) is 6.29. The largest absolute Gasteiger partial charge is 0.493 e. The van der Waals surface area contributed by atoms with Crippen molar-refractivity contribution in [1.29, 1.82) is 0 Å². The van der Waals surface area contributed by atoms with Crippen molar-refractivity contribution in [3.05, 3.63) is 59.4 Å². The third kappa shape index (κ3) is 4.68. The van der Waals surface area contributed by atoms with Gasteiger partial charge in [-0.2, -0.15) is 0 Å². The summed E-state index contributed by atoms with van der Waals surface area (Å²) >= 11 is 11.7. The lowest BCUT2D eigenvalue weighted by atomic mass is 10.2.